The Morgan fingerprint density at radius 2 is 1.88 bits per heavy atom. The van der Waals surface area contributed by atoms with E-state index in [1.807, 2.05) is 42.6 Å². The molecule has 1 amide bonds. The molecule has 25 heavy (non-hydrogen) atoms. The fourth-order valence-corrected chi connectivity index (χ4v) is 3.14. The second-order valence-electron chi connectivity index (χ2n) is 5.40. The van der Waals surface area contributed by atoms with E-state index in [0.717, 1.165) is 16.8 Å². The number of hydrogen-bond donors (Lipinski definition) is 1. The van der Waals surface area contributed by atoms with Gasteiger partial charge in [0.1, 0.15) is 0 Å². The lowest BCUT2D eigenvalue weighted by molar-refractivity contribution is -0.111. The molecule has 0 fully saturated rings. The molecule has 0 bridgehead atoms. The van der Waals surface area contributed by atoms with Gasteiger partial charge >= 0.3 is 0 Å². The number of rotatable bonds is 4. The largest absolute Gasteiger partial charge is 0.298 e. The van der Waals surface area contributed by atoms with Crippen molar-refractivity contribution in [1.29, 1.82) is 0 Å². The number of carbonyl (C=O) groups excluding carboxylic acids is 1. The third kappa shape index (κ3) is 4.69. The number of thiazole rings is 1. The van der Waals surface area contributed by atoms with Gasteiger partial charge in [-0.05, 0) is 30.7 Å². The standard InChI is InChI=1S/C19H14Cl2N2OS/c1-12-2-4-13(5-3-12)6-9-18(24)23-19-22-17(11-25-19)14-7-8-15(20)16(21)10-14/h2-11H,1H3,(H,22,23,24)/b9-6+. The number of hydrogen-bond acceptors (Lipinski definition) is 3. The molecular formula is C19H14Cl2N2OS. The van der Waals surface area contributed by atoms with Crippen molar-refractivity contribution < 1.29 is 4.79 Å². The zero-order valence-corrected chi connectivity index (χ0v) is 15.6. The average molecular weight is 389 g/mol. The van der Waals surface area contributed by atoms with E-state index in [1.165, 1.54) is 23.0 Å². The van der Waals surface area contributed by atoms with E-state index in [4.69, 9.17) is 23.2 Å². The second-order valence-corrected chi connectivity index (χ2v) is 7.07. The van der Waals surface area contributed by atoms with Crippen molar-refractivity contribution >= 4 is 51.7 Å². The normalized spacial score (nSPS) is 11.0. The van der Waals surface area contributed by atoms with Crippen LogP contribution in [0.3, 0.4) is 0 Å². The van der Waals surface area contributed by atoms with E-state index in [-0.39, 0.29) is 5.91 Å². The molecule has 0 saturated heterocycles. The van der Waals surface area contributed by atoms with Gasteiger partial charge in [0, 0.05) is 17.0 Å². The van der Waals surface area contributed by atoms with Crippen LogP contribution in [0.1, 0.15) is 11.1 Å². The smallest absolute Gasteiger partial charge is 0.250 e. The topological polar surface area (TPSA) is 42.0 Å². The summed E-state index contributed by atoms with van der Waals surface area (Å²) < 4.78 is 0. The minimum Gasteiger partial charge on any atom is -0.298 e. The molecule has 0 unspecified atom stereocenters. The number of carbonyl (C=O) groups is 1. The van der Waals surface area contributed by atoms with E-state index >= 15 is 0 Å². The van der Waals surface area contributed by atoms with Crippen molar-refractivity contribution in [3.8, 4) is 11.3 Å². The maximum atomic E-state index is 12.0. The Hall–Kier alpha value is -2.14. The third-order valence-electron chi connectivity index (χ3n) is 3.45. The number of amides is 1. The van der Waals surface area contributed by atoms with Crippen molar-refractivity contribution in [3.63, 3.8) is 0 Å². The van der Waals surface area contributed by atoms with Crippen LogP contribution in [0.5, 0.6) is 0 Å². The number of aryl methyl sites for hydroxylation is 1. The van der Waals surface area contributed by atoms with Gasteiger partial charge in [0.05, 0.1) is 15.7 Å². The molecule has 126 valence electrons. The van der Waals surface area contributed by atoms with Gasteiger partial charge in [-0.3, -0.25) is 10.1 Å². The molecule has 3 nitrogen and oxygen atoms in total. The zero-order valence-electron chi connectivity index (χ0n) is 13.3. The number of halogens is 2. The first-order valence-electron chi connectivity index (χ1n) is 7.48. The predicted molar refractivity (Wildman–Crippen MR) is 106 cm³/mol. The minimum atomic E-state index is -0.226. The summed E-state index contributed by atoms with van der Waals surface area (Å²) in [6, 6.07) is 13.2. The molecule has 1 heterocycles. The summed E-state index contributed by atoms with van der Waals surface area (Å²) in [5.74, 6) is -0.226. The van der Waals surface area contributed by atoms with Crippen LogP contribution in [0.4, 0.5) is 5.13 Å². The molecule has 0 aliphatic carbocycles. The monoisotopic (exact) mass is 388 g/mol. The summed E-state index contributed by atoms with van der Waals surface area (Å²) in [6.45, 7) is 2.02. The van der Waals surface area contributed by atoms with Crippen molar-refractivity contribution in [2.75, 3.05) is 5.32 Å². The van der Waals surface area contributed by atoms with Crippen LogP contribution in [0.2, 0.25) is 10.0 Å². The van der Waals surface area contributed by atoms with Crippen LogP contribution in [0.15, 0.2) is 53.9 Å². The minimum absolute atomic E-state index is 0.226. The highest BCUT2D eigenvalue weighted by molar-refractivity contribution is 7.14. The summed E-state index contributed by atoms with van der Waals surface area (Å²) in [7, 11) is 0. The highest BCUT2D eigenvalue weighted by atomic mass is 35.5. The Labute approximate surface area is 159 Å². The van der Waals surface area contributed by atoms with Gasteiger partial charge in [-0.1, -0.05) is 59.1 Å². The van der Waals surface area contributed by atoms with Crippen LogP contribution in [-0.4, -0.2) is 10.9 Å². The van der Waals surface area contributed by atoms with Crippen LogP contribution >= 0.6 is 34.5 Å². The van der Waals surface area contributed by atoms with Gasteiger partial charge < -0.3 is 0 Å². The fraction of sp³-hybridized carbons (Fsp3) is 0.0526. The molecule has 1 N–H and O–H groups in total. The molecular weight excluding hydrogens is 375 g/mol. The Kier molecular flexibility index (Phi) is 5.53. The maximum Gasteiger partial charge on any atom is 0.250 e. The first-order valence-corrected chi connectivity index (χ1v) is 9.11. The number of anilines is 1. The Bertz CT molecular complexity index is 933. The Morgan fingerprint density at radius 3 is 2.60 bits per heavy atom. The van der Waals surface area contributed by atoms with Gasteiger partial charge in [-0.2, -0.15) is 0 Å². The molecule has 0 atom stereocenters. The number of nitrogens with zero attached hydrogens (tertiary/aromatic N) is 1. The average Bonchev–Trinajstić information content (AvgIpc) is 3.05. The molecule has 2 aromatic carbocycles. The van der Waals surface area contributed by atoms with Gasteiger partial charge in [0.15, 0.2) is 5.13 Å². The number of benzene rings is 2. The highest BCUT2D eigenvalue weighted by Crippen LogP contribution is 2.30. The van der Waals surface area contributed by atoms with E-state index < -0.39 is 0 Å². The molecule has 0 saturated carbocycles. The van der Waals surface area contributed by atoms with Crippen LogP contribution in [0.25, 0.3) is 17.3 Å². The molecule has 3 rings (SSSR count). The molecule has 0 aliphatic heterocycles. The highest BCUT2D eigenvalue weighted by Gasteiger charge is 2.08. The third-order valence-corrected chi connectivity index (χ3v) is 4.95. The summed E-state index contributed by atoms with van der Waals surface area (Å²) in [6.07, 6.45) is 3.26. The van der Waals surface area contributed by atoms with Crippen LogP contribution in [-0.2, 0) is 4.79 Å². The fourth-order valence-electron chi connectivity index (χ4n) is 2.12. The van der Waals surface area contributed by atoms with Gasteiger partial charge in [0.2, 0.25) is 5.91 Å². The van der Waals surface area contributed by atoms with Crippen LogP contribution in [0, 0.1) is 6.92 Å². The van der Waals surface area contributed by atoms with Gasteiger partial charge in [0.25, 0.3) is 0 Å². The van der Waals surface area contributed by atoms with E-state index in [1.54, 1.807) is 18.2 Å². The van der Waals surface area contributed by atoms with Crippen molar-refractivity contribution in [3.05, 3.63) is 75.1 Å². The summed E-state index contributed by atoms with van der Waals surface area (Å²) in [5, 5.41) is 6.12. The summed E-state index contributed by atoms with van der Waals surface area (Å²) >= 11 is 13.3. The maximum absolute atomic E-state index is 12.0. The lowest BCUT2D eigenvalue weighted by atomic mass is 10.1. The molecule has 6 heteroatoms. The summed E-state index contributed by atoms with van der Waals surface area (Å²) in [5.41, 5.74) is 3.73. The zero-order chi connectivity index (χ0) is 17.8. The van der Waals surface area contributed by atoms with Gasteiger partial charge in [-0.15, -0.1) is 11.3 Å². The molecule has 0 radical (unpaired) electrons. The molecule has 0 aliphatic rings. The molecule has 1 aromatic heterocycles. The lowest BCUT2D eigenvalue weighted by Crippen LogP contribution is -2.07. The van der Waals surface area contributed by atoms with Crippen molar-refractivity contribution in [2.24, 2.45) is 0 Å². The first-order chi connectivity index (χ1) is 12.0. The molecule has 0 spiro atoms. The number of aromatic nitrogens is 1. The SMILES string of the molecule is Cc1ccc(/C=C/C(=O)Nc2nc(-c3ccc(Cl)c(Cl)c3)cs2)cc1. The van der Waals surface area contributed by atoms with E-state index in [2.05, 4.69) is 10.3 Å². The van der Waals surface area contributed by atoms with E-state index in [9.17, 15) is 4.79 Å². The second kappa shape index (κ2) is 7.83. The number of nitrogens with one attached hydrogen (secondary N) is 1. The molecule has 3 aromatic rings. The van der Waals surface area contributed by atoms with Crippen molar-refractivity contribution in [2.45, 2.75) is 6.92 Å². The Balaban J connectivity index is 1.67. The lowest BCUT2D eigenvalue weighted by Gasteiger charge is -2.00. The van der Waals surface area contributed by atoms with Crippen LogP contribution < -0.4 is 5.32 Å². The summed E-state index contributed by atoms with van der Waals surface area (Å²) in [4.78, 5) is 16.4. The van der Waals surface area contributed by atoms with Crippen molar-refractivity contribution in [1.82, 2.24) is 4.98 Å². The van der Waals surface area contributed by atoms with Gasteiger partial charge in [-0.25, -0.2) is 4.98 Å². The predicted octanol–water partition coefficient (Wildman–Crippen LogP) is 6.08. The van der Waals surface area contributed by atoms with E-state index in [0.29, 0.717) is 15.2 Å². The Morgan fingerprint density at radius 1 is 1.12 bits per heavy atom. The first kappa shape index (κ1) is 17.7. The quantitative estimate of drug-likeness (QED) is 0.550.